The second kappa shape index (κ2) is 10.5. The third kappa shape index (κ3) is 4.82. The highest BCUT2D eigenvalue weighted by Gasteiger charge is 2.53. The minimum Gasteiger partial charge on any atom is -0.497 e. The summed E-state index contributed by atoms with van der Waals surface area (Å²) >= 11 is 0. The summed E-state index contributed by atoms with van der Waals surface area (Å²) in [6.45, 7) is 9.02. The molecular weight excluding hydrogens is 462 g/mol. The summed E-state index contributed by atoms with van der Waals surface area (Å²) < 4.78 is 12.9. The topological polar surface area (TPSA) is 84.2 Å². The van der Waals surface area contributed by atoms with Gasteiger partial charge in [0.1, 0.15) is 12.3 Å². The number of nitrogens with zero attached hydrogens (tertiary/aromatic N) is 7. The van der Waals surface area contributed by atoms with Gasteiger partial charge in [-0.3, -0.25) is 24.4 Å². The van der Waals surface area contributed by atoms with Gasteiger partial charge in [-0.2, -0.15) is 0 Å². The standard InChI is InChI=1S/C25H36N7O4/c1-27-23-22(24(33)28(2)25(27)34)32(13-10-29-14-16-36-17-15-29)21(26-23)18-30-8-11-31(12-9-30)19-4-6-20(35-3)7-5-19/h4-7,22H,8-18H2,1-3H3/q+1. The van der Waals surface area contributed by atoms with Gasteiger partial charge in [0.2, 0.25) is 0 Å². The first-order valence-corrected chi connectivity index (χ1v) is 12.6. The maximum absolute atomic E-state index is 13.2. The number of aliphatic imine (C=N–C) groups is 1. The number of hydrogen-bond acceptors (Lipinski definition) is 8. The van der Waals surface area contributed by atoms with Crippen molar-refractivity contribution < 1.29 is 23.6 Å². The highest BCUT2D eigenvalue weighted by atomic mass is 16.5. The van der Waals surface area contributed by atoms with Crippen LogP contribution in [0.1, 0.15) is 0 Å². The van der Waals surface area contributed by atoms with Gasteiger partial charge in [0.05, 0.1) is 26.9 Å². The van der Waals surface area contributed by atoms with Crippen molar-refractivity contribution in [2.24, 2.45) is 4.99 Å². The van der Waals surface area contributed by atoms with Crippen LogP contribution in [0.2, 0.25) is 0 Å². The van der Waals surface area contributed by atoms with Crippen LogP contribution < -0.4 is 9.64 Å². The van der Waals surface area contributed by atoms with Crippen molar-refractivity contribution in [3.63, 3.8) is 0 Å². The predicted octanol–water partition coefficient (Wildman–Crippen LogP) is -0.135. The Morgan fingerprint density at radius 2 is 1.67 bits per heavy atom. The summed E-state index contributed by atoms with van der Waals surface area (Å²) in [6, 6.07) is 7.29. The summed E-state index contributed by atoms with van der Waals surface area (Å²) in [6.07, 6.45) is 0. The summed E-state index contributed by atoms with van der Waals surface area (Å²) in [5, 5.41) is 0. The Labute approximate surface area is 212 Å². The average molecular weight is 499 g/mol. The van der Waals surface area contributed by atoms with Crippen molar-refractivity contribution in [2.45, 2.75) is 6.04 Å². The summed E-state index contributed by atoms with van der Waals surface area (Å²) in [5.74, 6) is 2.05. The van der Waals surface area contributed by atoms with Gasteiger partial charge < -0.3 is 14.4 Å². The Morgan fingerprint density at radius 1 is 0.972 bits per heavy atom. The van der Waals surface area contributed by atoms with Gasteiger partial charge in [-0.15, -0.1) is 0 Å². The fraction of sp³-hybridized carbons (Fsp3) is 0.600. The minimum absolute atomic E-state index is 0.210. The van der Waals surface area contributed by atoms with Crippen LogP contribution in [0.3, 0.4) is 0 Å². The molecule has 11 nitrogen and oxygen atoms in total. The molecule has 3 fully saturated rings. The molecule has 4 aliphatic rings. The van der Waals surface area contributed by atoms with Gasteiger partial charge in [-0.1, -0.05) is 0 Å². The number of ether oxygens (including phenoxy) is 2. The number of amidine groups is 2. The van der Waals surface area contributed by atoms with E-state index in [2.05, 4.69) is 31.4 Å². The molecule has 0 radical (unpaired) electrons. The van der Waals surface area contributed by atoms with Crippen LogP contribution in [0.15, 0.2) is 29.3 Å². The lowest BCUT2D eigenvalue weighted by atomic mass is 10.1. The second-order valence-corrected chi connectivity index (χ2v) is 9.64. The van der Waals surface area contributed by atoms with Crippen molar-refractivity contribution in [1.29, 1.82) is 0 Å². The summed E-state index contributed by atoms with van der Waals surface area (Å²) in [4.78, 5) is 40.5. The smallest absolute Gasteiger partial charge is 0.333 e. The average Bonchev–Trinajstić information content (AvgIpc) is 3.28. The third-order valence-corrected chi connectivity index (χ3v) is 7.55. The number of amides is 3. The number of hydrogen-bond donors (Lipinski definition) is 0. The number of likely N-dealkylation sites (N-methyl/N-ethyl adjacent to an activating group) is 2. The third-order valence-electron chi connectivity index (χ3n) is 7.55. The Hall–Kier alpha value is -3.02. The molecule has 0 N–H and O–H groups in total. The number of imide groups is 1. The molecule has 3 saturated heterocycles. The second-order valence-electron chi connectivity index (χ2n) is 9.64. The number of benzene rings is 1. The van der Waals surface area contributed by atoms with Crippen LogP contribution in [-0.2, 0) is 9.53 Å². The highest BCUT2D eigenvalue weighted by Crippen LogP contribution is 2.22. The van der Waals surface area contributed by atoms with Crippen LogP contribution in [0.4, 0.5) is 10.5 Å². The largest absolute Gasteiger partial charge is 0.497 e. The van der Waals surface area contributed by atoms with E-state index in [9.17, 15) is 9.59 Å². The van der Waals surface area contributed by atoms with E-state index in [-0.39, 0.29) is 11.9 Å². The molecule has 1 aromatic rings. The predicted molar refractivity (Wildman–Crippen MR) is 136 cm³/mol. The van der Waals surface area contributed by atoms with E-state index in [0.717, 1.165) is 70.6 Å². The molecule has 0 spiro atoms. The lowest BCUT2D eigenvalue weighted by Crippen LogP contribution is -2.62. The maximum atomic E-state index is 13.2. The van der Waals surface area contributed by atoms with Crippen LogP contribution in [-0.4, -0.2) is 147 Å². The molecule has 36 heavy (non-hydrogen) atoms. The van der Waals surface area contributed by atoms with Crippen LogP contribution >= 0.6 is 0 Å². The van der Waals surface area contributed by atoms with Crippen LogP contribution in [0.25, 0.3) is 0 Å². The Kier molecular flexibility index (Phi) is 7.22. The number of carbonyl (C=O) groups excluding carboxylic acids is 2. The van der Waals surface area contributed by atoms with Gasteiger partial charge in [0, 0.05) is 65.6 Å². The molecule has 0 saturated carbocycles. The van der Waals surface area contributed by atoms with E-state index in [1.54, 1.807) is 21.2 Å². The first-order chi connectivity index (χ1) is 17.5. The Balaban J connectivity index is 1.30. The van der Waals surface area contributed by atoms with E-state index in [1.165, 1.54) is 15.5 Å². The van der Waals surface area contributed by atoms with E-state index >= 15 is 0 Å². The number of piperazine rings is 1. The van der Waals surface area contributed by atoms with Crippen molar-refractivity contribution in [3.8, 4) is 5.75 Å². The number of fused-ring (bicyclic) bond motifs is 1. The molecule has 0 aromatic heterocycles. The molecule has 5 rings (SSSR count). The minimum atomic E-state index is -0.547. The number of urea groups is 1. The molecule has 11 heteroatoms. The number of morpholine rings is 1. The first kappa shape index (κ1) is 24.7. The normalized spacial score (nSPS) is 23.9. The van der Waals surface area contributed by atoms with E-state index in [1.807, 2.05) is 12.1 Å². The number of methoxy groups -OCH3 is 1. The van der Waals surface area contributed by atoms with Gasteiger partial charge in [0.15, 0.2) is 0 Å². The van der Waals surface area contributed by atoms with Gasteiger partial charge >= 0.3 is 11.9 Å². The first-order valence-electron chi connectivity index (χ1n) is 12.6. The molecule has 194 valence electrons. The Bertz CT molecular complexity index is 1040. The lowest BCUT2D eigenvalue weighted by molar-refractivity contribution is -0.536. The summed E-state index contributed by atoms with van der Waals surface area (Å²) in [5.41, 5.74) is 1.19. The molecule has 3 amide bonds. The van der Waals surface area contributed by atoms with Gasteiger partial charge in [-0.05, 0) is 29.3 Å². The highest BCUT2D eigenvalue weighted by molar-refractivity contribution is 6.23. The van der Waals surface area contributed by atoms with Gasteiger partial charge in [0.25, 0.3) is 17.8 Å². The summed E-state index contributed by atoms with van der Waals surface area (Å²) in [7, 11) is 4.93. The zero-order valence-corrected chi connectivity index (χ0v) is 21.4. The van der Waals surface area contributed by atoms with Crippen molar-refractivity contribution in [3.05, 3.63) is 24.3 Å². The SMILES string of the molecule is COc1ccc(N2CCN(CC3=[N+](CCN4CCOCC4)C4C(=O)N(C)C(=O)N(C)C4=N3)CC2)cc1. The Morgan fingerprint density at radius 3 is 2.33 bits per heavy atom. The number of rotatable bonds is 7. The molecule has 0 aliphatic carbocycles. The number of carbonyl (C=O) groups is 2. The van der Waals surface area contributed by atoms with E-state index < -0.39 is 6.04 Å². The zero-order valence-electron chi connectivity index (χ0n) is 21.4. The van der Waals surface area contributed by atoms with Crippen molar-refractivity contribution in [1.82, 2.24) is 19.6 Å². The van der Waals surface area contributed by atoms with Crippen LogP contribution in [0.5, 0.6) is 5.75 Å². The zero-order chi connectivity index (χ0) is 25.2. The monoisotopic (exact) mass is 498 g/mol. The molecule has 0 bridgehead atoms. The van der Waals surface area contributed by atoms with Crippen LogP contribution in [0, 0.1) is 0 Å². The molecular formula is C25H36N7O4+. The molecule has 4 aliphatic heterocycles. The van der Waals surface area contributed by atoms with E-state index in [4.69, 9.17) is 14.5 Å². The quantitative estimate of drug-likeness (QED) is 0.484. The fourth-order valence-corrected chi connectivity index (χ4v) is 5.26. The number of anilines is 1. The van der Waals surface area contributed by atoms with Crippen molar-refractivity contribution in [2.75, 3.05) is 98.2 Å². The van der Waals surface area contributed by atoms with Gasteiger partial charge in [-0.25, -0.2) is 9.37 Å². The lowest BCUT2D eigenvalue weighted by Gasteiger charge is -2.35. The molecule has 1 unspecified atom stereocenters. The molecule has 1 aromatic carbocycles. The molecule has 1 atom stereocenters. The van der Waals surface area contributed by atoms with E-state index in [0.29, 0.717) is 18.9 Å². The molecule has 4 heterocycles. The van der Waals surface area contributed by atoms with Crippen molar-refractivity contribution >= 4 is 29.3 Å². The fourth-order valence-electron chi connectivity index (χ4n) is 5.26. The maximum Gasteiger partial charge on any atom is 0.333 e.